The van der Waals surface area contributed by atoms with Gasteiger partial charge in [0.1, 0.15) is 22.9 Å². The van der Waals surface area contributed by atoms with Crippen molar-refractivity contribution < 1.29 is 27.8 Å². The maximum absolute atomic E-state index is 13.3. The van der Waals surface area contributed by atoms with Gasteiger partial charge in [-0.15, -0.1) is 0 Å². The molecule has 0 radical (unpaired) electrons. The molecular formula is C25H19FO6. The number of fused-ring (bicyclic) bond motifs is 1. The topological polar surface area (TPSA) is 75.0 Å². The molecule has 162 valence electrons. The van der Waals surface area contributed by atoms with Crippen molar-refractivity contribution in [2.45, 2.75) is 13.8 Å². The molecule has 0 atom stereocenters. The smallest absolute Gasteiger partial charge is 0.343 e. The summed E-state index contributed by atoms with van der Waals surface area (Å²) in [4.78, 5) is 25.3. The minimum atomic E-state index is -0.726. The van der Waals surface area contributed by atoms with E-state index in [2.05, 4.69) is 0 Å². The van der Waals surface area contributed by atoms with Gasteiger partial charge >= 0.3 is 5.97 Å². The Morgan fingerprint density at radius 1 is 1.00 bits per heavy atom. The monoisotopic (exact) mass is 434 g/mol. The van der Waals surface area contributed by atoms with E-state index in [1.54, 1.807) is 31.2 Å². The second-order valence-corrected chi connectivity index (χ2v) is 6.86. The molecule has 0 aliphatic heterocycles. The Balaban J connectivity index is 1.65. The summed E-state index contributed by atoms with van der Waals surface area (Å²) in [5.74, 6) is 0.0768. The van der Waals surface area contributed by atoms with Crippen LogP contribution in [0, 0.1) is 12.7 Å². The molecule has 0 aliphatic carbocycles. The Kier molecular flexibility index (Phi) is 5.89. The van der Waals surface area contributed by atoms with Crippen LogP contribution in [0.25, 0.3) is 11.0 Å². The van der Waals surface area contributed by atoms with Crippen molar-refractivity contribution in [3.63, 3.8) is 0 Å². The van der Waals surface area contributed by atoms with Crippen molar-refractivity contribution in [1.29, 1.82) is 0 Å². The highest BCUT2D eigenvalue weighted by atomic mass is 19.1. The highest BCUT2D eigenvalue weighted by Crippen LogP contribution is 2.33. The van der Waals surface area contributed by atoms with Crippen LogP contribution >= 0.6 is 0 Å². The van der Waals surface area contributed by atoms with Gasteiger partial charge in [-0.25, -0.2) is 9.18 Å². The molecule has 6 nitrogen and oxygen atoms in total. The van der Waals surface area contributed by atoms with Crippen LogP contribution in [0.1, 0.15) is 23.0 Å². The van der Waals surface area contributed by atoms with E-state index < -0.39 is 11.8 Å². The molecule has 1 heterocycles. The number of ether oxygens (including phenoxy) is 3. The average molecular weight is 434 g/mol. The van der Waals surface area contributed by atoms with Crippen LogP contribution in [-0.2, 0) is 0 Å². The molecule has 32 heavy (non-hydrogen) atoms. The number of halogens is 1. The fraction of sp³-hybridized carbons (Fsp3) is 0.120. The summed E-state index contributed by atoms with van der Waals surface area (Å²) < 4.78 is 35.8. The summed E-state index contributed by atoms with van der Waals surface area (Å²) in [5.41, 5.74) is -0.0833. The number of rotatable bonds is 6. The Bertz CT molecular complexity index is 1360. The van der Waals surface area contributed by atoms with Gasteiger partial charge in [-0.05, 0) is 56.3 Å². The Hall–Kier alpha value is -4.13. The first kappa shape index (κ1) is 21.1. The third kappa shape index (κ3) is 4.32. The lowest BCUT2D eigenvalue weighted by atomic mass is 10.2. The van der Waals surface area contributed by atoms with Gasteiger partial charge in [0.25, 0.3) is 0 Å². The highest BCUT2D eigenvalue weighted by molar-refractivity contribution is 5.91. The lowest BCUT2D eigenvalue weighted by molar-refractivity contribution is 0.0734. The molecule has 0 spiro atoms. The molecule has 4 aromatic rings. The fourth-order valence-corrected chi connectivity index (χ4v) is 3.15. The predicted molar refractivity (Wildman–Crippen MR) is 116 cm³/mol. The Morgan fingerprint density at radius 2 is 1.78 bits per heavy atom. The quantitative estimate of drug-likeness (QED) is 0.288. The SMILES string of the molecule is CCOc1ccccc1Oc1c(C)oc2cc(OC(=O)c3cccc(F)c3)ccc2c1=O. The molecule has 0 bridgehead atoms. The molecule has 0 amide bonds. The number of para-hydroxylation sites is 2. The van der Waals surface area contributed by atoms with Crippen molar-refractivity contribution in [3.8, 4) is 23.0 Å². The summed E-state index contributed by atoms with van der Waals surface area (Å²) in [6.45, 7) is 3.90. The van der Waals surface area contributed by atoms with E-state index in [1.165, 1.54) is 36.4 Å². The number of aryl methyl sites for hydroxylation is 1. The van der Waals surface area contributed by atoms with E-state index in [0.29, 0.717) is 18.1 Å². The molecule has 0 unspecified atom stereocenters. The van der Waals surface area contributed by atoms with Crippen molar-refractivity contribution in [2.24, 2.45) is 0 Å². The van der Waals surface area contributed by atoms with Crippen molar-refractivity contribution in [1.82, 2.24) is 0 Å². The van der Waals surface area contributed by atoms with E-state index in [4.69, 9.17) is 18.6 Å². The predicted octanol–water partition coefficient (Wildman–Crippen LogP) is 5.65. The zero-order chi connectivity index (χ0) is 22.7. The summed E-state index contributed by atoms with van der Waals surface area (Å²) in [6.07, 6.45) is 0. The first-order valence-corrected chi connectivity index (χ1v) is 9.91. The average Bonchev–Trinajstić information content (AvgIpc) is 2.77. The highest BCUT2D eigenvalue weighted by Gasteiger charge is 2.17. The molecule has 3 aromatic carbocycles. The van der Waals surface area contributed by atoms with Gasteiger partial charge in [-0.1, -0.05) is 18.2 Å². The molecule has 0 saturated heterocycles. The van der Waals surface area contributed by atoms with Crippen LogP contribution in [0.5, 0.6) is 23.0 Å². The third-order valence-electron chi connectivity index (χ3n) is 4.62. The number of hydrogen-bond acceptors (Lipinski definition) is 6. The summed E-state index contributed by atoms with van der Waals surface area (Å²) in [5, 5.41) is 0.255. The first-order chi connectivity index (χ1) is 15.5. The largest absolute Gasteiger partial charge is 0.490 e. The number of benzene rings is 3. The Labute approximate surface area is 182 Å². The summed E-state index contributed by atoms with van der Waals surface area (Å²) in [6, 6.07) is 16.6. The maximum Gasteiger partial charge on any atom is 0.343 e. The van der Waals surface area contributed by atoms with Crippen LogP contribution in [0.15, 0.2) is 75.9 Å². The van der Waals surface area contributed by atoms with Crippen molar-refractivity contribution in [3.05, 3.63) is 94.1 Å². The van der Waals surface area contributed by atoms with Gasteiger partial charge in [-0.3, -0.25) is 4.79 Å². The number of hydrogen-bond donors (Lipinski definition) is 0. The van der Waals surface area contributed by atoms with E-state index in [0.717, 1.165) is 6.07 Å². The molecule has 0 saturated carbocycles. The van der Waals surface area contributed by atoms with Gasteiger partial charge in [0.2, 0.25) is 11.2 Å². The van der Waals surface area contributed by atoms with Gasteiger partial charge in [0, 0.05) is 6.07 Å². The molecule has 0 aliphatic rings. The fourth-order valence-electron chi connectivity index (χ4n) is 3.15. The number of esters is 1. The molecule has 0 fully saturated rings. The number of carbonyl (C=O) groups is 1. The van der Waals surface area contributed by atoms with Crippen LogP contribution < -0.4 is 19.6 Å². The van der Waals surface area contributed by atoms with E-state index >= 15 is 0 Å². The Morgan fingerprint density at radius 3 is 2.53 bits per heavy atom. The molecule has 1 aromatic heterocycles. The molecule has 4 rings (SSSR count). The normalized spacial score (nSPS) is 10.7. The van der Waals surface area contributed by atoms with Crippen molar-refractivity contribution >= 4 is 16.9 Å². The summed E-state index contributed by atoms with van der Waals surface area (Å²) in [7, 11) is 0. The van der Waals surface area contributed by atoms with Crippen molar-refractivity contribution in [2.75, 3.05) is 6.61 Å². The van der Waals surface area contributed by atoms with Gasteiger partial charge in [0.15, 0.2) is 11.5 Å². The molecule has 0 N–H and O–H groups in total. The van der Waals surface area contributed by atoms with Crippen LogP contribution in [0.4, 0.5) is 4.39 Å². The summed E-state index contributed by atoms with van der Waals surface area (Å²) >= 11 is 0. The number of carbonyl (C=O) groups excluding carboxylic acids is 1. The zero-order valence-corrected chi connectivity index (χ0v) is 17.4. The van der Waals surface area contributed by atoms with Crippen LogP contribution in [0.2, 0.25) is 0 Å². The zero-order valence-electron chi connectivity index (χ0n) is 17.4. The van der Waals surface area contributed by atoms with Gasteiger partial charge in [0.05, 0.1) is 17.6 Å². The lowest BCUT2D eigenvalue weighted by Gasteiger charge is -2.13. The maximum atomic E-state index is 13.3. The van der Waals surface area contributed by atoms with E-state index in [1.807, 2.05) is 6.92 Å². The minimum absolute atomic E-state index is 0.0363. The van der Waals surface area contributed by atoms with E-state index in [-0.39, 0.29) is 39.2 Å². The minimum Gasteiger partial charge on any atom is -0.490 e. The first-order valence-electron chi connectivity index (χ1n) is 9.91. The van der Waals surface area contributed by atoms with Gasteiger partial charge < -0.3 is 18.6 Å². The second kappa shape index (κ2) is 8.93. The molecule has 7 heteroatoms. The lowest BCUT2D eigenvalue weighted by Crippen LogP contribution is -2.10. The van der Waals surface area contributed by atoms with E-state index in [9.17, 15) is 14.0 Å². The van der Waals surface area contributed by atoms with Crippen LogP contribution in [0.3, 0.4) is 0 Å². The van der Waals surface area contributed by atoms with Crippen LogP contribution in [-0.4, -0.2) is 12.6 Å². The van der Waals surface area contributed by atoms with Gasteiger partial charge in [-0.2, -0.15) is 0 Å². The molecular weight excluding hydrogens is 415 g/mol. The standard InChI is InChI=1S/C25H19FO6/c1-3-29-20-9-4-5-10-21(20)32-24-15(2)30-22-14-18(11-12-19(22)23(24)27)31-25(28)16-7-6-8-17(26)13-16/h4-14H,3H2,1-2H3. The second-order valence-electron chi connectivity index (χ2n) is 6.86. The third-order valence-corrected chi connectivity index (χ3v) is 4.62.